The third kappa shape index (κ3) is 7.75. The molecule has 0 heterocycles. The first kappa shape index (κ1) is 30.5. The number of benzene rings is 3. The summed E-state index contributed by atoms with van der Waals surface area (Å²) in [5, 5.41) is 3.73. The van der Waals surface area contributed by atoms with Gasteiger partial charge in [-0.05, 0) is 82.1 Å². The molecule has 10 heteroatoms. The molecule has 0 aliphatic rings. The van der Waals surface area contributed by atoms with Gasteiger partial charge in [0.25, 0.3) is 10.0 Å². The van der Waals surface area contributed by atoms with Gasteiger partial charge in [0.1, 0.15) is 12.6 Å². The molecular weight excluding hydrogens is 557 g/mol. The number of anilines is 1. The van der Waals surface area contributed by atoms with Crippen LogP contribution in [0.25, 0.3) is 0 Å². The van der Waals surface area contributed by atoms with Gasteiger partial charge in [-0.15, -0.1) is 0 Å². The highest BCUT2D eigenvalue weighted by Gasteiger charge is 2.32. The molecule has 7 nitrogen and oxygen atoms in total. The van der Waals surface area contributed by atoms with E-state index >= 15 is 0 Å². The van der Waals surface area contributed by atoms with Crippen LogP contribution in [0.4, 0.5) is 5.69 Å². The van der Waals surface area contributed by atoms with E-state index in [1.165, 1.54) is 23.1 Å². The van der Waals surface area contributed by atoms with Crippen molar-refractivity contribution in [3.05, 3.63) is 93.5 Å². The smallest absolute Gasteiger partial charge is 0.264 e. The van der Waals surface area contributed by atoms with Gasteiger partial charge in [0.05, 0.1) is 10.6 Å². The predicted octanol–water partition coefficient (Wildman–Crippen LogP) is 5.75. The van der Waals surface area contributed by atoms with Gasteiger partial charge in [0.2, 0.25) is 11.8 Å². The average Bonchev–Trinajstić information content (AvgIpc) is 2.88. The lowest BCUT2D eigenvalue weighted by Gasteiger charge is -2.32. The van der Waals surface area contributed by atoms with Crippen LogP contribution in [0.3, 0.4) is 0 Å². The fourth-order valence-electron chi connectivity index (χ4n) is 3.88. The third-order valence-electron chi connectivity index (χ3n) is 6.20. The van der Waals surface area contributed by atoms with Gasteiger partial charge in [-0.25, -0.2) is 8.42 Å². The molecule has 0 spiro atoms. The number of nitrogens with one attached hydrogen (secondary N) is 1. The number of sulfonamides is 1. The molecule has 0 saturated carbocycles. The zero-order valence-corrected chi connectivity index (χ0v) is 24.9. The van der Waals surface area contributed by atoms with Gasteiger partial charge < -0.3 is 10.2 Å². The van der Waals surface area contributed by atoms with E-state index < -0.39 is 28.5 Å². The van der Waals surface area contributed by atoms with Crippen molar-refractivity contribution < 1.29 is 18.0 Å². The molecule has 0 unspecified atom stereocenters. The van der Waals surface area contributed by atoms with Crippen molar-refractivity contribution in [3.63, 3.8) is 0 Å². The summed E-state index contributed by atoms with van der Waals surface area (Å²) >= 11 is 12.4. The van der Waals surface area contributed by atoms with Crippen LogP contribution in [-0.4, -0.2) is 43.8 Å². The lowest BCUT2D eigenvalue weighted by molar-refractivity contribution is -0.139. The molecule has 0 radical (unpaired) electrons. The molecule has 1 N–H and O–H groups in total. The summed E-state index contributed by atoms with van der Waals surface area (Å²) in [6.07, 6.45) is 0. The maximum atomic E-state index is 13.9. The highest BCUT2D eigenvalue weighted by Crippen LogP contribution is 2.29. The van der Waals surface area contributed by atoms with Crippen LogP contribution in [0.2, 0.25) is 10.0 Å². The lowest BCUT2D eigenvalue weighted by Crippen LogP contribution is -2.52. The lowest BCUT2D eigenvalue weighted by atomic mass is 10.1. The van der Waals surface area contributed by atoms with Crippen molar-refractivity contribution in [2.24, 2.45) is 0 Å². The van der Waals surface area contributed by atoms with Gasteiger partial charge in [-0.1, -0.05) is 59.1 Å². The number of carbonyl (C=O) groups is 2. The SMILES string of the molecule is Cc1ccc(S(=O)(=O)N(CC(=O)N(Cc2ccc(Cl)cc2)[C@H](C)C(=O)NC(C)C)c2ccc(C)c(Cl)c2)cc1. The molecule has 0 fully saturated rings. The summed E-state index contributed by atoms with van der Waals surface area (Å²) in [5.74, 6) is -0.901. The first-order valence-corrected chi connectivity index (χ1v) is 14.7. The summed E-state index contributed by atoms with van der Waals surface area (Å²) in [7, 11) is -4.16. The highest BCUT2D eigenvalue weighted by molar-refractivity contribution is 7.92. The van der Waals surface area contributed by atoms with Crippen LogP contribution in [-0.2, 0) is 26.2 Å². The Bertz CT molecular complexity index is 1430. The number of aryl methyl sites for hydroxylation is 2. The number of carbonyl (C=O) groups excluding carboxylic acids is 2. The molecule has 3 aromatic carbocycles. The maximum absolute atomic E-state index is 13.9. The Morgan fingerprint density at radius 2 is 1.51 bits per heavy atom. The summed E-state index contributed by atoms with van der Waals surface area (Å²) in [4.78, 5) is 28.3. The van der Waals surface area contributed by atoms with Crippen LogP contribution >= 0.6 is 23.2 Å². The van der Waals surface area contributed by atoms with E-state index in [0.717, 1.165) is 21.0 Å². The molecule has 3 rings (SSSR count). The zero-order valence-electron chi connectivity index (χ0n) is 22.6. The molecule has 0 bridgehead atoms. The molecule has 1 atom stereocenters. The summed E-state index contributed by atoms with van der Waals surface area (Å²) < 4.78 is 28.8. The van der Waals surface area contributed by atoms with Crippen LogP contribution in [0.15, 0.2) is 71.6 Å². The minimum absolute atomic E-state index is 0.0347. The second-order valence-corrected chi connectivity index (χ2v) is 12.5. The monoisotopic (exact) mass is 589 g/mol. The van der Waals surface area contributed by atoms with Crippen molar-refractivity contribution in [1.82, 2.24) is 10.2 Å². The maximum Gasteiger partial charge on any atom is 0.264 e. The second kappa shape index (κ2) is 12.9. The Hall–Kier alpha value is -3.07. The molecule has 0 saturated heterocycles. The standard InChI is InChI=1S/C29H33Cl2N3O4S/c1-19(2)32-29(36)22(5)33(17-23-9-11-24(30)12-10-23)28(35)18-34(25-13-8-21(4)27(31)16-25)39(37,38)26-14-6-20(3)7-15-26/h6-16,19,22H,17-18H2,1-5H3,(H,32,36)/t22-/m1/s1. The van der Waals surface area contributed by atoms with Crippen molar-refractivity contribution in [2.75, 3.05) is 10.8 Å². The van der Waals surface area contributed by atoms with E-state index in [1.54, 1.807) is 62.4 Å². The van der Waals surface area contributed by atoms with Gasteiger partial charge in [-0.3, -0.25) is 13.9 Å². The Morgan fingerprint density at radius 3 is 2.08 bits per heavy atom. The van der Waals surface area contributed by atoms with Gasteiger partial charge in [0, 0.05) is 22.6 Å². The zero-order chi connectivity index (χ0) is 28.9. The Kier molecular flexibility index (Phi) is 10.0. The highest BCUT2D eigenvalue weighted by atomic mass is 35.5. The minimum Gasteiger partial charge on any atom is -0.352 e. The normalized spacial score (nSPS) is 12.2. The van der Waals surface area contributed by atoms with Crippen LogP contribution in [0.5, 0.6) is 0 Å². The van der Waals surface area contributed by atoms with E-state index in [1.807, 2.05) is 20.8 Å². The Balaban J connectivity index is 2.05. The molecule has 2 amide bonds. The summed E-state index contributed by atoms with van der Waals surface area (Å²) in [6, 6.07) is 17.1. The van der Waals surface area contributed by atoms with E-state index in [9.17, 15) is 18.0 Å². The van der Waals surface area contributed by atoms with Crippen molar-refractivity contribution in [3.8, 4) is 0 Å². The number of halogens is 2. The van der Waals surface area contributed by atoms with Crippen LogP contribution in [0, 0.1) is 13.8 Å². The average molecular weight is 591 g/mol. The molecule has 3 aromatic rings. The number of hydrogen-bond donors (Lipinski definition) is 1. The van der Waals surface area contributed by atoms with Gasteiger partial charge in [-0.2, -0.15) is 0 Å². The Morgan fingerprint density at radius 1 is 0.897 bits per heavy atom. The van der Waals surface area contributed by atoms with Crippen LogP contribution in [0.1, 0.15) is 37.5 Å². The number of nitrogens with zero attached hydrogens (tertiary/aromatic N) is 2. The summed E-state index contributed by atoms with van der Waals surface area (Å²) in [5.41, 5.74) is 2.64. The first-order valence-electron chi connectivity index (χ1n) is 12.5. The minimum atomic E-state index is -4.16. The van der Waals surface area contributed by atoms with E-state index in [-0.39, 0.29) is 29.1 Å². The molecular formula is C29H33Cl2N3O4S. The first-order chi connectivity index (χ1) is 18.3. The quantitative estimate of drug-likeness (QED) is 0.326. The molecule has 0 aromatic heterocycles. The van der Waals surface area contributed by atoms with Crippen molar-refractivity contribution >= 4 is 50.7 Å². The molecule has 0 aliphatic heterocycles. The molecule has 208 valence electrons. The third-order valence-corrected chi connectivity index (χ3v) is 8.64. The number of rotatable bonds is 10. The molecule has 39 heavy (non-hydrogen) atoms. The van der Waals surface area contributed by atoms with E-state index in [4.69, 9.17) is 23.2 Å². The fourth-order valence-corrected chi connectivity index (χ4v) is 5.58. The van der Waals surface area contributed by atoms with E-state index in [0.29, 0.717) is 10.0 Å². The number of amides is 2. The fraction of sp³-hybridized carbons (Fsp3) is 0.310. The van der Waals surface area contributed by atoms with Gasteiger partial charge >= 0.3 is 0 Å². The van der Waals surface area contributed by atoms with Crippen molar-refractivity contribution in [1.29, 1.82) is 0 Å². The van der Waals surface area contributed by atoms with Gasteiger partial charge in [0.15, 0.2) is 0 Å². The largest absolute Gasteiger partial charge is 0.352 e. The van der Waals surface area contributed by atoms with E-state index in [2.05, 4.69) is 5.32 Å². The predicted molar refractivity (Wildman–Crippen MR) is 157 cm³/mol. The van der Waals surface area contributed by atoms with Crippen molar-refractivity contribution in [2.45, 2.75) is 58.1 Å². The molecule has 0 aliphatic carbocycles. The Labute approximate surface area is 240 Å². The summed E-state index contributed by atoms with van der Waals surface area (Å²) in [6.45, 7) is 8.47. The second-order valence-electron chi connectivity index (χ2n) is 9.75. The number of hydrogen-bond acceptors (Lipinski definition) is 4. The van der Waals surface area contributed by atoms with Crippen LogP contribution < -0.4 is 9.62 Å². The topological polar surface area (TPSA) is 86.8 Å².